The second-order valence-corrected chi connectivity index (χ2v) is 8.92. The first-order valence-electron chi connectivity index (χ1n) is 9.79. The van der Waals surface area contributed by atoms with Gasteiger partial charge in [-0.1, -0.05) is 12.1 Å². The summed E-state index contributed by atoms with van der Waals surface area (Å²) in [6.07, 6.45) is 4.78. The zero-order valence-electron chi connectivity index (χ0n) is 18.3. The van der Waals surface area contributed by atoms with Crippen LogP contribution >= 0.6 is 0 Å². The van der Waals surface area contributed by atoms with Gasteiger partial charge in [0, 0.05) is 17.1 Å². The second kappa shape index (κ2) is 10.7. The summed E-state index contributed by atoms with van der Waals surface area (Å²) in [7, 11) is 1.79. The SMILES string of the molecule is COC(=O)C(=Cc1ccc(OCC[S+](C)c2c(O)c3cccnc3[nH]c2=O)cc1)C(=O)OC. The molecule has 2 aromatic heterocycles. The summed E-state index contributed by atoms with van der Waals surface area (Å²) in [5, 5.41) is 11.1. The molecule has 0 aliphatic rings. The van der Waals surface area contributed by atoms with Crippen LogP contribution in [0.25, 0.3) is 17.1 Å². The van der Waals surface area contributed by atoms with E-state index >= 15 is 0 Å². The van der Waals surface area contributed by atoms with Crippen molar-refractivity contribution in [1.29, 1.82) is 0 Å². The fourth-order valence-corrected chi connectivity index (χ4v) is 4.39. The lowest BCUT2D eigenvalue weighted by molar-refractivity contribution is -0.143. The molecule has 2 N–H and O–H groups in total. The van der Waals surface area contributed by atoms with Gasteiger partial charge in [-0.2, -0.15) is 0 Å². The summed E-state index contributed by atoms with van der Waals surface area (Å²) in [5.74, 6) is -0.558. The van der Waals surface area contributed by atoms with E-state index < -0.39 is 22.8 Å². The van der Waals surface area contributed by atoms with Crippen LogP contribution in [0.1, 0.15) is 5.56 Å². The first-order chi connectivity index (χ1) is 15.8. The Bertz CT molecular complexity index is 1230. The maximum atomic E-state index is 12.4. The van der Waals surface area contributed by atoms with Crippen molar-refractivity contribution in [3.8, 4) is 11.5 Å². The fourth-order valence-electron chi connectivity index (χ4n) is 3.05. The number of carbonyl (C=O) groups excluding carboxylic acids is 2. The number of nitrogens with one attached hydrogen (secondary N) is 1. The van der Waals surface area contributed by atoms with Crippen molar-refractivity contribution >= 4 is 39.9 Å². The van der Waals surface area contributed by atoms with E-state index in [1.807, 2.05) is 6.26 Å². The molecule has 0 saturated carbocycles. The lowest BCUT2D eigenvalue weighted by Crippen LogP contribution is -2.22. The number of aromatic nitrogens is 2. The molecule has 0 spiro atoms. The van der Waals surface area contributed by atoms with Crippen LogP contribution in [0.4, 0.5) is 0 Å². The van der Waals surface area contributed by atoms with Crippen molar-refractivity contribution in [3.63, 3.8) is 0 Å². The predicted octanol–water partition coefficient (Wildman–Crippen LogP) is 2.04. The standard InChI is InChI=1S/C23H22N2O7S/c1-30-22(28)17(23(29)31-2)13-14-6-8-15(9-7-14)32-11-12-33(3)19-18(26)16-5-4-10-24-20(16)25-21(19)27/h4-10,13H,11-12H2,1-3H3,(H-,24,25,26,27)/p+1. The highest BCUT2D eigenvalue weighted by atomic mass is 32.2. The van der Waals surface area contributed by atoms with E-state index in [2.05, 4.69) is 19.4 Å². The van der Waals surface area contributed by atoms with Gasteiger partial charge >= 0.3 is 17.5 Å². The quantitative estimate of drug-likeness (QED) is 0.168. The Morgan fingerprint density at radius 3 is 2.42 bits per heavy atom. The van der Waals surface area contributed by atoms with Gasteiger partial charge in [0.2, 0.25) is 0 Å². The molecule has 33 heavy (non-hydrogen) atoms. The number of esters is 2. The summed E-state index contributed by atoms with van der Waals surface area (Å²) >= 11 is 0. The van der Waals surface area contributed by atoms with Crippen molar-refractivity contribution < 1.29 is 28.9 Å². The number of aromatic hydroxyl groups is 1. The second-order valence-electron chi connectivity index (χ2n) is 6.83. The Hall–Kier alpha value is -3.79. The van der Waals surface area contributed by atoms with Crippen LogP contribution in [0.5, 0.6) is 11.5 Å². The number of aromatic amines is 1. The summed E-state index contributed by atoms with van der Waals surface area (Å²) in [6.45, 7) is 0.314. The number of methoxy groups -OCH3 is 2. The number of H-pyrrole nitrogens is 1. The third-order valence-electron chi connectivity index (χ3n) is 4.72. The van der Waals surface area contributed by atoms with Crippen LogP contribution < -0.4 is 10.3 Å². The lowest BCUT2D eigenvalue weighted by Gasteiger charge is -2.09. The van der Waals surface area contributed by atoms with Gasteiger partial charge in [0.1, 0.15) is 35.6 Å². The zero-order valence-corrected chi connectivity index (χ0v) is 19.1. The molecule has 0 amide bonds. The molecule has 0 radical (unpaired) electrons. The molecule has 3 rings (SSSR count). The summed E-state index contributed by atoms with van der Waals surface area (Å²) in [4.78, 5) is 43.0. The molecule has 0 aliphatic carbocycles. The summed E-state index contributed by atoms with van der Waals surface area (Å²) in [6, 6.07) is 10.1. The molecule has 1 unspecified atom stereocenters. The molecule has 3 aromatic rings. The van der Waals surface area contributed by atoms with Gasteiger partial charge in [-0.05, 0) is 35.9 Å². The third kappa shape index (κ3) is 5.53. The number of fused-ring (bicyclic) bond motifs is 1. The number of benzene rings is 1. The number of hydrogen-bond acceptors (Lipinski definition) is 8. The number of hydrogen-bond donors (Lipinski definition) is 2. The third-order valence-corrected chi connectivity index (χ3v) is 6.58. The highest BCUT2D eigenvalue weighted by molar-refractivity contribution is 7.96. The molecule has 0 bridgehead atoms. The van der Waals surface area contributed by atoms with Gasteiger partial charge < -0.3 is 24.3 Å². The van der Waals surface area contributed by atoms with Crippen molar-refractivity contribution in [3.05, 3.63) is 64.1 Å². The monoisotopic (exact) mass is 471 g/mol. The van der Waals surface area contributed by atoms with Crippen molar-refractivity contribution in [1.82, 2.24) is 9.97 Å². The number of rotatable bonds is 8. The lowest BCUT2D eigenvalue weighted by atomic mass is 10.1. The molecule has 1 atom stereocenters. The van der Waals surface area contributed by atoms with Crippen molar-refractivity contribution in [2.24, 2.45) is 0 Å². The van der Waals surface area contributed by atoms with Crippen LogP contribution in [0.3, 0.4) is 0 Å². The summed E-state index contributed by atoms with van der Waals surface area (Å²) in [5.41, 5.74) is 0.338. The summed E-state index contributed by atoms with van der Waals surface area (Å²) < 4.78 is 15.0. The van der Waals surface area contributed by atoms with E-state index in [1.165, 1.54) is 20.3 Å². The Morgan fingerprint density at radius 2 is 1.79 bits per heavy atom. The van der Waals surface area contributed by atoms with Crippen LogP contribution in [0.2, 0.25) is 0 Å². The predicted molar refractivity (Wildman–Crippen MR) is 124 cm³/mol. The van der Waals surface area contributed by atoms with E-state index in [1.54, 1.807) is 42.6 Å². The Kier molecular flexibility index (Phi) is 7.73. The van der Waals surface area contributed by atoms with Crippen LogP contribution in [0, 0.1) is 0 Å². The molecule has 1 aromatic carbocycles. The molecular weight excluding hydrogens is 448 g/mol. The smallest absolute Gasteiger partial charge is 0.345 e. The zero-order chi connectivity index (χ0) is 24.0. The Balaban J connectivity index is 1.66. The van der Waals surface area contributed by atoms with E-state index in [-0.39, 0.29) is 16.9 Å². The fraction of sp³-hybridized carbons (Fsp3) is 0.217. The molecule has 0 fully saturated rings. The first kappa shape index (κ1) is 23.9. The largest absolute Gasteiger partial charge is 0.503 e. The van der Waals surface area contributed by atoms with Crippen LogP contribution in [0.15, 0.2) is 57.9 Å². The molecule has 10 heteroatoms. The molecule has 0 aliphatic heterocycles. The first-order valence-corrected chi connectivity index (χ1v) is 11.6. The average molecular weight is 472 g/mol. The topological polar surface area (TPSA) is 128 Å². The number of ether oxygens (including phenoxy) is 3. The Morgan fingerprint density at radius 1 is 1.12 bits per heavy atom. The highest BCUT2D eigenvalue weighted by Gasteiger charge is 2.27. The molecule has 0 saturated heterocycles. The number of carbonyl (C=O) groups is 2. The van der Waals surface area contributed by atoms with Gasteiger partial charge in [-0.25, -0.2) is 14.6 Å². The number of nitrogens with zero attached hydrogens (tertiary/aromatic N) is 1. The van der Waals surface area contributed by atoms with Crippen molar-refractivity contribution in [2.45, 2.75) is 4.90 Å². The van der Waals surface area contributed by atoms with E-state index in [4.69, 9.17) is 4.74 Å². The molecule has 172 valence electrons. The van der Waals surface area contributed by atoms with Crippen molar-refractivity contribution in [2.75, 3.05) is 32.8 Å². The molecule has 9 nitrogen and oxygen atoms in total. The molecular formula is C23H23N2O7S+. The van der Waals surface area contributed by atoms with Gasteiger partial charge in [-0.3, -0.25) is 4.79 Å². The minimum atomic E-state index is -0.792. The van der Waals surface area contributed by atoms with E-state index in [0.29, 0.717) is 39.6 Å². The van der Waals surface area contributed by atoms with Crippen LogP contribution in [-0.2, 0) is 30.0 Å². The minimum absolute atomic E-state index is 0.0594. The maximum Gasteiger partial charge on any atom is 0.345 e. The maximum absolute atomic E-state index is 12.4. The van der Waals surface area contributed by atoms with Gasteiger partial charge in [0.25, 0.3) is 4.90 Å². The minimum Gasteiger partial charge on any atom is -0.503 e. The average Bonchev–Trinajstić information content (AvgIpc) is 2.82. The highest BCUT2D eigenvalue weighted by Crippen LogP contribution is 2.27. The van der Waals surface area contributed by atoms with Crippen LogP contribution in [-0.4, -0.2) is 59.8 Å². The normalized spacial score (nSPS) is 11.5. The molecule has 2 heterocycles. The van der Waals surface area contributed by atoms with Gasteiger partial charge in [-0.15, -0.1) is 0 Å². The van der Waals surface area contributed by atoms with Gasteiger partial charge in [0.05, 0.1) is 19.6 Å². The van der Waals surface area contributed by atoms with E-state index in [0.717, 1.165) is 0 Å². The Labute approximate surface area is 192 Å². The van der Waals surface area contributed by atoms with Gasteiger partial charge in [0.15, 0.2) is 5.75 Å². The van der Waals surface area contributed by atoms with E-state index in [9.17, 15) is 19.5 Å². The number of pyridine rings is 2.